The summed E-state index contributed by atoms with van der Waals surface area (Å²) in [6.07, 6.45) is 2.42. The van der Waals surface area contributed by atoms with Gasteiger partial charge in [0.1, 0.15) is 10.7 Å². The van der Waals surface area contributed by atoms with Gasteiger partial charge in [-0.1, -0.05) is 18.0 Å². The molecule has 0 aliphatic carbocycles. The number of hydrogen-bond donors (Lipinski definition) is 1. The van der Waals surface area contributed by atoms with E-state index in [0.717, 1.165) is 25.0 Å². The highest BCUT2D eigenvalue weighted by molar-refractivity contribution is 7.89. The first-order chi connectivity index (χ1) is 9.34. The Bertz CT molecular complexity index is 592. The van der Waals surface area contributed by atoms with E-state index in [-0.39, 0.29) is 22.0 Å². The molecule has 1 aliphatic heterocycles. The first-order valence-electron chi connectivity index (χ1n) is 6.56. The molecule has 20 heavy (non-hydrogen) atoms. The second-order valence-electron chi connectivity index (χ2n) is 5.11. The Labute approximate surface area is 123 Å². The van der Waals surface area contributed by atoms with E-state index in [1.54, 1.807) is 6.92 Å². The van der Waals surface area contributed by atoms with Crippen molar-refractivity contribution in [2.45, 2.75) is 43.2 Å². The van der Waals surface area contributed by atoms with E-state index in [9.17, 15) is 12.8 Å². The second-order valence-corrected chi connectivity index (χ2v) is 7.38. The van der Waals surface area contributed by atoms with Crippen LogP contribution in [0.15, 0.2) is 23.1 Å². The topological polar surface area (TPSA) is 63.4 Å². The molecular weight excluding hydrogens is 303 g/mol. The van der Waals surface area contributed by atoms with Gasteiger partial charge in [0.25, 0.3) is 0 Å². The van der Waals surface area contributed by atoms with Crippen LogP contribution in [0, 0.1) is 5.82 Å². The Morgan fingerprint density at radius 2 is 2.15 bits per heavy atom. The van der Waals surface area contributed by atoms with Crippen molar-refractivity contribution in [3.05, 3.63) is 29.0 Å². The van der Waals surface area contributed by atoms with Gasteiger partial charge in [-0.15, -0.1) is 0 Å². The minimum Gasteiger partial charge on any atom is -0.326 e. The molecule has 2 N–H and O–H groups in total. The van der Waals surface area contributed by atoms with Crippen molar-refractivity contribution in [3.63, 3.8) is 0 Å². The van der Waals surface area contributed by atoms with Gasteiger partial charge in [0.2, 0.25) is 10.0 Å². The molecule has 2 atom stereocenters. The standard InChI is InChI=1S/C13H18ClFN2O2S/c1-9(16)12-4-2-3-7-17(12)20(18,19)13-8-10(15)5-6-11(13)14/h5-6,8-9,12H,2-4,7,16H2,1H3/t9-,12-/m0/s1. The van der Waals surface area contributed by atoms with Gasteiger partial charge in [-0.3, -0.25) is 0 Å². The fraction of sp³-hybridized carbons (Fsp3) is 0.538. The van der Waals surface area contributed by atoms with E-state index in [0.29, 0.717) is 13.0 Å². The van der Waals surface area contributed by atoms with Crippen molar-refractivity contribution >= 4 is 21.6 Å². The molecule has 1 saturated heterocycles. The summed E-state index contributed by atoms with van der Waals surface area (Å²) in [7, 11) is -3.83. The number of halogens is 2. The number of rotatable bonds is 3. The maximum Gasteiger partial charge on any atom is 0.244 e. The zero-order chi connectivity index (χ0) is 14.9. The minimum atomic E-state index is -3.83. The van der Waals surface area contributed by atoms with E-state index in [1.165, 1.54) is 10.4 Å². The molecule has 112 valence electrons. The number of nitrogens with zero attached hydrogens (tertiary/aromatic N) is 1. The molecule has 0 amide bonds. The Morgan fingerprint density at radius 1 is 1.45 bits per heavy atom. The average Bonchev–Trinajstić information content (AvgIpc) is 2.41. The minimum absolute atomic E-state index is 0.0281. The molecule has 0 spiro atoms. The lowest BCUT2D eigenvalue weighted by molar-refractivity contribution is 0.227. The monoisotopic (exact) mass is 320 g/mol. The summed E-state index contributed by atoms with van der Waals surface area (Å²) in [5, 5.41) is 0.0281. The molecule has 0 saturated carbocycles. The highest BCUT2D eigenvalue weighted by Crippen LogP contribution is 2.30. The number of piperidine rings is 1. The normalized spacial score (nSPS) is 22.7. The molecule has 0 aromatic heterocycles. The zero-order valence-corrected chi connectivity index (χ0v) is 12.8. The molecule has 1 fully saturated rings. The zero-order valence-electron chi connectivity index (χ0n) is 11.2. The predicted octanol–water partition coefficient (Wildman–Crippen LogP) is 2.37. The number of benzene rings is 1. The van der Waals surface area contributed by atoms with Gasteiger partial charge in [0, 0.05) is 18.6 Å². The lowest BCUT2D eigenvalue weighted by Gasteiger charge is -2.37. The van der Waals surface area contributed by atoms with Crippen molar-refractivity contribution in [2.24, 2.45) is 5.73 Å². The number of nitrogens with two attached hydrogens (primary N) is 1. The Morgan fingerprint density at radius 3 is 2.80 bits per heavy atom. The predicted molar refractivity (Wildman–Crippen MR) is 76.6 cm³/mol. The Balaban J connectivity index is 2.45. The maximum absolute atomic E-state index is 13.3. The molecule has 2 rings (SSSR count). The van der Waals surface area contributed by atoms with Gasteiger partial charge in [0.05, 0.1) is 5.02 Å². The van der Waals surface area contributed by atoms with Crippen molar-refractivity contribution in [3.8, 4) is 0 Å². The van der Waals surface area contributed by atoms with E-state index in [2.05, 4.69) is 0 Å². The highest BCUT2D eigenvalue weighted by atomic mass is 35.5. The number of hydrogen-bond acceptors (Lipinski definition) is 3. The largest absolute Gasteiger partial charge is 0.326 e. The summed E-state index contributed by atoms with van der Waals surface area (Å²) in [5.41, 5.74) is 5.89. The van der Waals surface area contributed by atoms with Crippen LogP contribution in [-0.2, 0) is 10.0 Å². The van der Waals surface area contributed by atoms with Crippen LogP contribution in [0.5, 0.6) is 0 Å². The van der Waals surface area contributed by atoms with E-state index >= 15 is 0 Å². The maximum atomic E-state index is 13.3. The summed E-state index contributed by atoms with van der Waals surface area (Å²) in [5.74, 6) is -0.623. The molecule has 1 heterocycles. The molecule has 4 nitrogen and oxygen atoms in total. The number of sulfonamides is 1. The summed E-state index contributed by atoms with van der Waals surface area (Å²) in [6, 6.07) is 2.81. The van der Waals surface area contributed by atoms with Gasteiger partial charge in [0.15, 0.2) is 0 Å². The van der Waals surface area contributed by atoms with Gasteiger partial charge in [-0.2, -0.15) is 4.31 Å². The van der Waals surface area contributed by atoms with Crippen molar-refractivity contribution < 1.29 is 12.8 Å². The van der Waals surface area contributed by atoms with Crippen LogP contribution in [0.2, 0.25) is 5.02 Å². The van der Waals surface area contributed by atoms with Gasteiger partial charge in [-0.25, -0.2) is 12.8 Å². The molecule has 7 heteroatoms. The van der Waals surface area contributed by atoms with Gasteiger partial charge >= 0.3 is 0 Å². The van der Waals surface area contributed by atoms with E-state index in [1.807, 2.05) is 0 Å². The summed E-state index contributed by atoms with van der Waals surface area (Å²) < 4.78 is 40.1. The van der Waals surface area contributed by atoms with Crippen LogP contribution < -0.4 is 5.73 Å². The van der Waals surface area contributed by atoms with Crippen LogP contribution in [0.25, 0.3) is 0 Å². The fourth-order valence-electron chi connectivity index (χ4n) is 2.56. The third kappa shape index (κ3) is 2.98. The smallest absolute Gasteiger partial charge is 0.244 e. The van der Waals surface area contributed by atoms with Gasteiger partial charge in [-0.05, 0) is 38.0 Å². The molecule has 1 aliphatic rings. The molecular formula is C13H18ClFN2O2S. The summed E-state index contributed by atoms with van der Waals surface area (Å²) in [6.45, 7) is 2.17. The van der Waals surface area contributed by atoms with Crippen molar-refractivity contribution in [2.75, 3.05) is 6.54 Å². The van der Waals surface area contributed by atoms with Crippen LogP contribution in [0.1, 0.15) is 26.2 Å². The lowest BCUT2D eigenvalue weighted by atomic mass is 10.00. The molecule has 1 aromatic carbocycles. The Kier molecular flexibility index (Phi) is 4.69. The summed E-state index contributed by atoms with van der Waals surface area (Å²) in [4.78, 5) is -0.188. The summed E-state index contributed by atoms with van der Waals surface area (Å²) >= 11 is 5.92. The first-order valence-corrected chi connectivity index (χ1v) is 8.38. The fourth-order valence-corrected chi connectivity index (χ4v) is 4.82. The SMILES string of the molecule is C[C@H](N)[C@@H]1CCCCN1S(=O)(=O)c1cc(F)ccc1Cl. The quantitative estimate of drug-likeness (QED) is 0.930. The van der Waals surface area contributed by atoms with Crippen LogP contribution in [0.3, 0.4) is 0 Å². The van der Waals surface area contributed by atoms with E-state index < -0.39 is 15.8 Å². The third-order valence-corrected chi connectivity index (χ3v) is 5.99. The van der Waals surface area contributed by atoms with E-state index in [4.69, 9.17) is 17.3 Å². The van der Waals surface area contributed by atoms with Crippen LogP contribution in [0.4, 0.5) is 4.39 Å². The lowest BCUT2D eigenvalue weighted by Crippen LogP contribution is -2.51. The van der Waals surface area contributed by atoms with Crippen LogP contribution in [-0.4, -0.2) is 31.4 Å². The average molecular weight is 321 g/mol. The molecule has 0 unspecified atom stereocenters. The van der Waals surface area contributed by atoms with Gasteiger partial charge < -0.3 is 5.73 Å². The molecule has 0 radical (unpaired) electrons. The van der Waals surface area contributed by atoms with Crippen molar-refractivity contribution in [1.29, 1.82) is 0 Å². The second kappa shape index (κ2) is 5.97. The van der Waals surface area contributed by atoms with Crippen LogP contribution >= 0.6 is 11.6 Å². The highest BCUT2D eigenvalue weighted by Gasteiger charge is 2.36. The third-order valence-electron chi connectivity index (χ3n) is 3.59. The Hall–Kier alpha value is -0.690. The van der Waals surface area contributed by atoms with Crippen molar-refractivity contribution in [1.82, 2.24) is 4.31 Å². The molecule has 0 bridgehead atoms. The molecule has 1 aromatic rings. The first kappa shape index (κ1) is 15.7.